The summed E-state index contributed by atoms with van der Waals surface area (Å²) in [5, 5.41) is 26.7. The summed E-state index contributed by atoms with van der Waals surface area (Å²) in [5.74, 6) is 2.16. The van der Waals surface area contributed by atoms with Gasteiger partial charge in [0.05, 0.1) is 13.2 Å². The number of H-pyrrole nitrogens is 1. The number of ether oxygens (including phenoxy) is 1. The third-order valence-corrected chi connectivity index (χ3v) is 4.91. The summed E-state index contributed by atoms with van der Waals surface area (Å²) in [6.45, 7) is 1.39. The van der Waals surface area contributed by atoms with Gasteiger partial charge in [-0.2, -0.15) is 10.0 Å². The van der Waals surface area contributed by atoms with Gasteiger partial charge in [0.2, 0.25) is 5.82 Å². The van der Waals surface area contributed by atoms with Crippen molar-refractivity contribution in [2.75, 3.05) is 6.61 Å². The van der Waals surface area contributed by atoms with Crippen LogP contribution >= 0.6 is 0 Å². The number of aromatic nitrogens is 8. The van der Waals surface area contributed by atoms with Crippen LogP contribution in [0.1, 0.15) is 37.1 Å². The number of aryl methyl sites for hydroxylation is 3. The van der Waals surface area contributed by atoms with Crippen LogP contribution in [-0.4, -0.2) is 47.4 Å². The van der Waals surface area contributed by atoms with E-state index in [4.69, 9.17) is 4.74 Å². The van der Waals surface area contributed by atoms with Gasteiger partial charge >= 0.3 is 0 Å². The van der Waals surface area contributed by atoms with Gasteiger partial charge in [0.15, 0.2) is 5.82 Å². The highest BCUT2D eigenvalue weighted by Gasteiger charge is 2.08. The molecule has 0 aliphatic carbocycles. The number of rotatable bonds is 12. The summed E-state index contributed by atoms with van der Waals surface area (Å²) in [5.41, 5.74) is 2.27. The van der Waals surface area contributed by atoms with Crippen molar-refractivity contribution >= 4 is 0 Å². The molecule has 31 heavy (non-hydrogen) atoms. The van der Waals surface area contributed by atoms with Crippen LogP contribution in [0.25, 0.3) is 11.4 Å². The fraction of sp³-hybridized carbons (Fsp3) is 0.364. The van der Waals surface area contributed by atoms with Crippen LogP contribution in [0.5, 0.6) is 5.75 Å². The van der Waals surface area contributed by atoms with Crippen molar-refractivity contribution in [3.8, 4) is 17.1 Å². The standard InChI is InChI=1S/C22H26N8O/c1-2-9-18(10-3-1)11-5-7-16-31-20-13-8-12-19(17-20)22-25-29-30(26-22)15-6-4-14-21-23-27-28-24-21/h1-3,8-10,12-13,17H,4-7,11,14-16H2,(H,23,24,27,28). The maximum Gasteiger partial charge on any atom is 0.205 e. The predicted octanol–water partition coefficient (Wildman–Crippen LogP) is 3.28. The van der Waals surface area contributed by atoms with Crippen LogP contribution in [-0.2, 0) is 19.4 Å². The van der Waals surface area contributed by atoms with E-state index in [0.717, 1.165) is 55.7 Å². The molecule has 0 radical (unpaired) electrons. The van der Waals surface area contributed by atoms with E-state index in [-0.39, 0.29) is 0 Å². The molecule has 4 rings (SSSR count). The number of nitrogens with zero attached hydrogens (tertiary/aromatic N) is 7. The molecule has 0 atom stereocenters. The topological polar surface area (TPSA) is 107 Å². The summed E-state index contributed by atoms with van der Waals surface area (Å²) in [6.07, 6.45) is 5.82. The maximum absolute atomic E-state index is 5.93. The first-order valence-corrected chi connectivity index (χ1v) is 10.6. The van der Waals surface area contributed by atoms with Crippen LogP contribution in [0.2, 0.25) is 0 Å². The molecule has 0 bridgehead atoms. The molecule has 1 N–H and O–H groups in total. The van der Waals surface area contributed by atoms with Crippen LogP contribution in [0.3, 0.4) is 0 Å². The van der Waals surface area contributed by atoms with Crippen molar-refractivity contribution in [1.82, 2.24) is 40.8 Å². The van der Waals surface area contributed by atoms with Gasteiger partial charge in [-0.25, -0.2) is 0 Å². The Labute approximate surface area is 180 Å². The lowest BCUT2D eigenvalue weighted by Crippen LogP contribution is -2.03. The van der Waals surface area contributed by atoms with Gasteiger partial charge in [0, 0.05) is 12.0 Å². The minimum atomic E-state index is 0.604. The number of nitrogens with one attached hydrogen (secondary N) is 1. The summed E-state index contributed by atoms with van der Waals surface area (Å²) in [6, 6.07) is 18.4. The van der Waals surface area contributed by atoms with E-state index < -0.39 is 0 Å². The zero-order chi connectivity index (χ0) is 21.1. The Morgan fingerprint density at radius 2 is 1.77 bits per heavy atom. The molecule has 0 fully saturated rings. The Morgan fingerprint density at radius 1 is 0.871 bits per heavy atom. The number of benzene rings is 2. The Bertz CT molecular complexity index is 1030. The van der Waals surface area contributed by atoms with Crippen molar-refractivity contribution in [3.05, 3.63) is 66.0 Å². The van der Waals surface area contributed by atoms with E-state index in [9.17, 15) is 0 Å². The summed E-state index contributed by atoms with van der Waals surface area (Å²) < 4.78 is 5.93. The molecule has 2 heterocycles. The molecule has 0 amide bonds. The largest absolute Gasteiger partial charge is 0.494 e. The van der Waals surface area contributed by atoms with Crippen molar-refractivity contribution < 1.29 is 4.74 Å². The SMILES string of the molecule is c1ccc(CCCCOc2cccc(-c3nnn(CCCCc4nn[nH]n4)n3)c2)cc1. The minimum Gasteiger partial charge on any atom is -0.494 e. The minimum absolute atomic E-state index is 0.604. The van der Waals surface area contributed by atoms with E-state index in [2.05, 4.69) is 60.3 Å². The van der Waals surface area contributed by atoms with Gasteiger partial charge in [-0.15, -0.1) is 20.4 Å². The lowest BCUT2D eigenvalue weighted by molar-refractivity contribution is 0.307. The van der Waals surface area contributed by atoms with Gasteiger partial charge in [-0.05, 0) is 55.0 Å². The highest BCUT2D eigenvalue weighted by atomic mass is 16.5. The van der Waals surface area contributed by atoms with Crippen LogP contribution in [0, 0.1) is 0 Å². The Kier molecular flexibility index (Phi) is 7.30. The molecule has 0 aliphatic heterocycles. The van der Waals surface area contributed by atoms with Gasteiger partial charge in [0.25, 0.3) is 0 Å². The number of hydrogen-bond acceptors (Lipinski definition) is 7. The monoisotopic (exact) mass is 418 g/mol. The molecular formula is C22H26N8O. The van der Waals surface area contributed by atoms with E-state index in [1.807, 2.05) is 30.3 Å². The van der Waals surface area contributed by atoms with E-state index >= 15 is 0 Å². The number of aromatic amines is 1. The Hall–Kier alpha value is -3.62. The molecule has 0 saturated heterocycles. The molecule has 160 valence electrons. The molecule has 0 aliphatic rings. The van der Waals surface area contributed by atoms with Gasteiger partial charge < -0.3 is 4.74 Å². The summed E-state index contributed by atoms with van der Waals surface area (Å²) in [7, 11) is 0. The van der Waals surface area contributed by atoms with Gasteiger partial charge in [-0.1, -0.05) is 47.7 Å². The summed E-state index contributed by atoms with van der Waals surface area (Å²) in [4.78, 5) is 1.63. The highest BCUT2D eigenvalue weighted by molar-refractivity contribution is 5.56. The average Bonchev–Trinajstić information content (AvgIpc) is 3.50. The summed E-state index contributed by atoms with van der Waals surface area (Å²) >= 11 is 0. The Balaban J connectivity index is 1.20. The maximum atomic E-state index is 5.93. The lowest BCUT2D eigenvalue weighted by Gasteiger charge is -2.07. The highest BCUT2D eigenvalue weighted by Crippen LogP contribution is 2.20. The van der Waals surface area contributed by atoms with Gasteiger partial charge in [-0.3, -0.25) is 0 Å². The zero-order valence-corrected chi connectivity index (χ0v) is 17.4. The first kappa shape index (κ1) is 20.6. The van der Waals surface area contributed by atoms with E-state index in [1.54, 1.807) is 4.80 Å². The molecule has 9 heteroatoms. The second-order valence-electron chi connectivity index (χ2n) is 7.31. The molecular weight excluding hydrogens is 392 g/mol. The number of unbranched alkanes of at least 4 members (excludes halogenated alkanes) is 2. The van der Waals surface area contributed by atoms with Crippen molar-refractivity contribution in [3.63, 3.8) is 0 Å². The first-order chi connectivity index (χ1) is 15.4. The van der Waals surface area contributed by atoms with Crippen LogP contribution < -0.4 is 4.74 Å². The molecule has 4 aromatic rings. The third kappa shape index (κ3) is 6.43. The molecule has 0 unspecified atom stereocenters. The molecule has 9 nitrogen and oxygen atoms in total. The van der Waals surface area contributed by atoms with Crippen LogP contribution in [0.4, 0.5) is 0 Å². The normalized spacial score (nSPS) is 11.0. The fourth-order valence-electron chi connectivity index (χ4n) is 3.27. The lowest BCUT2D eigenvalue weighted by atomic mass is 10.1. The Morgan fingerprint density at radius 3 is 2.65 bits per heavy atom. The van der Waals surface area contributed by atoms with Crippen molar-refractivity contribution in [2.24, 2.45) is 0 Å². The van der Waals surface area contributed by atoms with Gasteiger partial charge in [0.1, 0.15) is 5.75 Å². The van der Waals surface area contributed by atoms with Crippen molar-refractivity contribution in [1.29, 1.82) is 0 Å². The second-order valence-corrected chi connectivity index (χ2v) is 7.31. The fourth-order valence-corrected chi connectivity index (χ4v) is 3.27. The predicted molar refractivity (Wildman–Crippen MR) is 115 cm³/mol. The second kappa shape index (κ2) is 11.0. The molecule has 2 aromatic heterocycles. The number of tetrazole rings is 2. The van der Waals surface area contributed by atoms with E-state index in [1.165, 1.54) is 5.56 Å². The molecule has 0 spiro atoms. The first-order valence-electron chi connectivity index (χ1n) is 10.6. The van der Waals surface area contributed by atoms with Crippen molar-refractivity contribution in [2.45, 2.75) is 45.1 Å². The van der Waals surface area contributed by atoms with E-state index in [0.29, 0.717) is 19.0 Å². The molecule has 2 aromatic carbocycles. The average molecular weight is 419 g/mol. The van der Waals surface area contributed by atoms with Crippen LogP contribution in [0.15, 0.2) is 54.6 Å². The third-order valence-electron chi connectivity index (χ3n) is 4.91. The quantitative estimate of drug-likeness (QED) is 0.352. The molecule has 0 saturated carbocycles. The number of hydrogen-bond donors (Lipinski definition) is 1. The zero-order valence-electron chi connectivity index (χ0n) is 17.4. The smallest absolute Gasteiger partial charge is 0.205 e.